The van der Waals surface area contributed by atoms with Crippen LogP contribution in [0.4, 0.5) is 0 Å². The van der Waals surface area contributed by atoms with Crippen molar-refractivity contribution in [2.45, 2.75) is 38.0 Å². The third-order valence-electron chi connectivity index (χ3n) is 2.93. The van der Waals surface area contributed by atoms with Gasteiger partial charge in [-0.1, -0.05) is 19.0 Å². The molecule has 2 atom stereocenters. The Morgan fingerprint density at radius 3 is 3.06 bits per heavy atom. The fourth-order valence-electron chi connectivity index (χ4n) is 2.05. The van der Waals surface area contributed by atoms with Crippen LogP contribution in [-0.2, 0) is 10.5 Å². The van der Waals surface area contributed by atoms with E-state index >= 15 is 0 Å². The zero-order valence-corrected chi connectivity index (χ0v) is 11.8. The molecule has 2 heterocycles. The molecule has 2 unspecified atom stereocenters. The van der Waals surface area contributed by atoms with Crippen molar-refractivity contribution >= 4 is 11.8 Å². The van der Waals surface area contributed by atoms with Crippen LogP contribution in [0.5, 0.6) is 0 Å². The Labute approximate surface area is 112 Å². The van der Waals surface area contributed by atoms with E-state index < -0.39 is 0 Å². The monoisotopic (exact) mass is 271 g/mol. The van der Waals surface area contributed by atoms with Crippen molar-refractivity contribution < 1.29 is 9.26 Å². The standard InChI is InChI=1S/C12H21N3O2S/c1-3-5-18-8-11-14-12(17-15-11)9-6-16-7-10(9)13-4-2/h9-10,13H,3-8H2,1-2H3. The molecule has 0 spiro atoms. The van der Waals surface area contributed by atoms with Gasteiger partial charge in [-0.25, -0.2) is 0 Å². The summed E-state index contributed by atoms with van der Waals surface area (Å²) in [6.45, 7) is 6.58. The summed E-state index contributed by atoms with van der Waals surface area (Å²) in [6.07, 6.45) is 1.17. The van der Waals surface area contributed by atoms with Crippen molar-refractivity contribution in [3.63, 3.8) is 0 Å². The maximum atomic E-state index is 5.49. The third kappa shape index (κ3) is 3.46. The largest absolute Gasteiger partial charge is 0.379 e. The maximum absolute atomic E-state index is 5.49. The van der Waals surface area contributed by atoms with E-state index in [2.05, 4.69) is 29.3 Å². The molecule has 102 valence electrons. The van der Waals surface area contributed by atoms with Crippen LogP contribution in [0, 0.1) is 0 Å². The summed E-state index contributed by atoms with van der Waals surface area (Å²) in [5.41, 5.74) is 0. The average Bonchev–Trinajstić information content (AvgIpc) is 2.98. The fraction of sp³-hybridized carbons (Fsp3) is 0.833. The Bertz CT molecular complexity index is 359. The van der Waals surface area contributed by atoms with Crippen molar-refractivity contribution in [2.24, 2.45) is 0 Å². The Balaban J connectivity index is 1.92. The van der Waals surface area contributed by atoms with Crippen molar-refractivity contribution in [1.82, 2.24) is 15.5 Å². The molecule has 1 fully saturated rings. The van der Waals surface area contributed by atoms with Gasteiger partial charge >= 0.3 is 0 Å². The lowest BCUT2D eigenvalue weighted by molar-refractivity contribution is 0.185. The number of ether oxygens (including phenoxy) is 1. The Kier molecular flexibility index (Phi) is 5.46. The molecule has 1 N–H and O–H groups in total. The molecule has 0 radical (unpaired) electrons. The number of thioether (sulfide) groups is 1. The third-order valence-corrected chi connectivity index (χ3v) is 4.09. The van der Waals surface area contributed by atoms with Gasteiger partial charge in [0.25, 0.3) is 0 Å². The second-order valence-corrected chi connectivity index (χ2v) is 5.51. The lowest BCUT2D eigenvalue weighted by Crippen LogP contribution is -2.34. The zero-order valence-electron chi connectivity index (χ0n) is 11.0. The molecular weight excluding hydrogens is 250 g/mol. The molecule has 0 aromatic carbocycles. The normalized spacial score (nSPS) is 23.7. The van der Waals surface area contributed by atoms with Gasteiger partial charge in [-0.2, -0.15) is 16.7 Å². The van der Waals surface area contributed by atoms with Crippen molar-refractivity contribution in [3.05, 3.63) is 11.7 Å². The molecule has 0 aliphatic carbocycles. The molecular formula is C12H21N3O2S. The number of hydrogen-bond acceptors (Lipinski definition) is 6. The second-order valence-electron chi connectivity index (χ2n) is 4.41. The van der Waals surface area contributed by atoms with E-state index in [1.165, 1.54) is 6.42 Å². The quantitative estimate of drug-likeness (QED) is 0.763. The molecule has 5 nitrogen and oxygen atoms in total. The van der Waals surface area contributed by atoms with Crippen LogP contribution in [0.25, 0.3) is 0 Å². The van der Waals surface area contributed by atoms with Crippen LogP contribution in [0.3, 0.4) is 0 Å². The fourth-order valence-corrected chi connectivity index (χ4v) is 2.78. The van der Waals surface area contributed by atoms with Crippen molar-refractivity contribution in [2.75, 3.05) is 25.5 Å². The van der Waals surface area contributed by atoms with Crippen molar-refractivity contribution in [3.8, 4) is 0 Å². The van der Waals surface area contributed by atoms with Gasteiger partial charge in [-0.3, -0.25) is 0 Å². The molecule has 1 aromatic rings. The minimum absolute atomic E-state index is 0.197. The molecule has 0 amide bonds. The lowest BCUT2D eigenvalue weighted by atomic mass is 10.0. The van der Waals surface area contributed by atoms with E-state index in [9.17, 15) is 0 Å². The first-order chi connectivity index (χ1) is 8.85. The summed E-state index contributed by atoms with van der Waals surface area (Å²) in [6, 6.07) is 0.298. The van der Waals surface area contributed by atoms with Crippen molar-refractivity contribution in [1.29, 1.82) is 0 Å². The molecule has 2 rings (SSSR count). The summed E-state index contributed by atoms with van der Waals surface area (Å²) in [5, 5.41) is 7.43. The molecule has 0 bridgehead atoms. The molecule has 1 saturated heterocycles. The van der Waals surface area contributed by atoms with Gasteiger partial charge in [-0.15, -0.1) is 0 Å². The van der Waals surface area contributed by atoms with Gasteiger partial charge in [0, 0.05) is 6.04 Å². The van der Waals surface area contributed by atoms with E-state index in [0.717, 1.165) is 30.5 Å². The van der Waals surface area contributed by atoms with Gasteiger partial charge in [0.05, 0.1) is 24.9 Å². The van der Waals surface area contributed by atoms with Gasteiger partial charge in [-0.05, 0) is 18.7 Å². The van der Waals surface area contributed by atoms with E-state index in [4.69, 9.17) is 9.26 Å². The highest BCUT2D eigenvalue weighted by molar-refractivity contribution is 7.98. The molecule has 18 heavy (non-hydrogen) atoms. The highest BCUT2D eigenvalue weighted by atomic mass is 32.2. The summed E-state index contributed by atoms with van der Waals surface area (Å²) in [4.78, 5) is 4.48. The number of likely N-dealkylation sites (N-methyl/N-ethyl adjacent to an activating group) is 1. The highest BCUT2D eigenvalue weighted by Gasteiger charge is 2.33. The number of nitrogens with zero attached hydrogens (tertiary/aromatic N) is 2. The van der Waals surface area contributed by atoms with Crippen LogP contribution in [-0.4, -0.2) is 41.7 Å². The Hall–Kier alpha value is -0.590. The number of nitrogens with one attached hydrogen (secondary N) is 1. The predicted molar refractivity (Wildman–Crippen MR) is 71.8 cm³/mol. The molecule has 0 saturated carbocycles. The summed E-state index contributed by atoms with van der Waals surface area (Å²) < 4.78 is 10.9. The topological polar surface area (TPSA) is 60.2 Å². The smallest absolute Gasteiger partial charge is 0.233 e. The van der Waals surface area contributed by atoms with E-state index in [1.807, 2.05) is 11.8 Å². The first-order valence-electron chi connectivity index (χ1n) is 6.56. The SMILES string of the molecule is CCCSCc1noc(C2COCC2NCC)n1. The highest BCUT2D eigenvalue weighted by Crippen LogP contribution is 2.25. The summed E-state index contributed by atoms with van der Waals surface area (Å²) in [5.74, 6) is 3.67. The van der Waals surface area contributed by atoms with Gasteiger partial charge < -0.3 is 14.6 Å². The first kappa shape index (κ1) is 13.8. The maximum Gasteiger partial charge on any atom is 0.233 e. The van der Waals surface area contributed by atoms with Crippen LogP contribution in [0.15, 0.2) is 4.52 Å². The van der Waals surface area contributed by atoms with E-state index in [0.29, 0.717) is 18.5 Å². The minimum Gasteiger partial charge on any atom is -0.379 e. The number of rotatable bonds is 7. The molecule has 1 aliphatic rings. The number of hydrogen-bond donors (Lipinski definition) is 1. The Morgan fingerprint density at radius 1 is 1.39 bits per heavy atom. The van der Waals surface area contributed by atoms with E-state index in [1.54, 1.807) is 0 Å². The van der Waals surface area contributed by atoms with E-state index in [-0.39, 0.29) is 5.92 Å². The summed E-state index contributed by atoms with van der Waals surface area (Å²) >= 11 is 1.84. The van der Waals surface area contributed by atoms with Crippen LogP contribution < -0.4 is 5.32 Å². The van der Waals surface area contributed by atoms with Crippen LogP contribution >= 0.6 is 11.8 Å². The Morgan fingerprint density at radius 2 is 2.28 bits per heavy atom. The van der Waals surface area contributed by atoms with Gasteiger partial charge in [0.15, 0.2) is 5.82 Å². The molecule has 1 aromatic heterocycles. The predicted octanol–water partition coefficient (Wildman–Crippen LogP) is 1.80. The van der Waals surface area contributed by atoms with Gasteiger partial charge in [0.2, 0.25) is 5.89 Å². The molecule has 1 aliphatic heterocycles. The minimum atomic E-state index is 0.197. The number of aromatic nitrogens is 2. The lowest BCUT2D eigenvalue weighted by Gasteiger charge is -2.13. The van der Waals surface area contributed by atoms with Crippen LogP contribution in [0.1, 0.15) is 37.9 Å². The zero-order chi connectivity index (χ0) is 12.8. The van der Waals surface area contributed by atoms with Crippen LogP contribution in [0.2, 0.25) is 0 Å². The average molecular weight is 271 g/mol. The van der Waals surface area contributed by atoms with Gasteiger partial charge in [0.1, 0.15) is 0 Å². The second kappa shape index (κ2) is 7.11. The first-order valence-corrected chi connectivity index (χ1v) is 7.72. The molecule has 6 heteroatoms. The summed E-state index contributed by atoms with van der Waals surface area (Å²) in [7, 11) is 0.